The van der Waals surface area contributed by atoms with Crippen LogP contribution in [-0.2, 0) is 0 Å². The van der Waals surface area contributed by atoms with Crippen molar-refractivity contribution in [3.8, 4) is 0 Å². The summed E-state index contributed by atoms with van der Waals surface area (Å²) in [5.74, 6) is 1.35. The Labute approximate surface area is 88.4 Å². The van der Waals surface area contributed by atoms with Crippen molar-refractivity contribution in [3.63, 3.8) is 0 Å². The smallest absolute Gasteiger partial charge is 0.137 e. The highest BCUT2D eigenvalue weighted by molar-refractivity contribution is 7.79. The Bertz CT molecular complexity index is 328. The minimum Gasteiger partial charge on any atom is -0.392 e. The zero-order valence-electron chi connectivity index (χ0n) is 8.19. The number of nitrogens with one attached hydrogen (secondary N) is 1. The second-order valence-electron chi connectivity index (χ2n) is 3.07. The van der Waals surface area contributed by atoms with Gasteiger partial charge < -0.3 is 10.4 Å². The fourth-order valence-corrected chi connectivity index (χ4v) is 1.12. The molecular weight excluding hydrogens is 198 g/mol. The lowest BCUT2D eigenvalue weighted by atomic mass is 10.3. The van der Waals surface area contributed by atoms with Gasteiger partial charge in [-0.1, -0.05) is 12.2 Å². The van der Waals surface area contributed by atoms with Crippen LogP contribution in [0.15, 0.2) is 6.20 Å². The normalized spacial score (nSPS) is 12.2. The lowest BCUT2D eigenvalue weighted by molar-refractivity contribution is 0.208. The van der Waals surface area contributed by atoms with Crippen LogP contribution in [0.4, 0.5) is 5.82 Å². The second kappa shape index (κ2) is 4.97. The van der Waals surface area contributed by atoms with E-state index in [-0.39, 0.29) is 0 Å². The van der Waals surface area contributed by atoms with Gasteiger partial charge in [-0.05, 0) is 13.8 Å². The fourth-order valence-electron chi connectivity index (χ4n) is 0.952. The van der Waals surface area contributed by atoms with Crippen LogP contribution in [0.1, 0.15) is 18.3 Å². The number of nitrogens with zero attached hydrogens (tertiary/aromatic N) is 2. The molecule has 0 spiro atoms. The van der Waals surface area contributed by atoms with Crippen LogP contribution in [0.3, 0.4) is 0 Å². The number of aliphatic hydroxyl groups excluding tert-OH is 1. The Morgan fingerprint density at radius 2 is 2.43 bits per heavy atom. The molecule has 0 amide bonds. The molecule has 0 aromatic carbocycles. The van der Waals surface area contributed by atoms with E-state index < -0.39 is 6.10 Å². The minimum absolute atomic E-state index is 0.414. The number of hydrogen-bond donors (Lipinski definition) is 2. The topological polar surface area (TPSA) is 58.0 Å². The van der Waals surface area contributed by atoms with E-state index in [4.69, 9.17) is 17.3 Å². The molecule has 1 atom stereocenters. The first-order valence-corrected chi connectivity index (χ1v) is 4.81. The van der Waals surface area contributed by atoms with Gasteiger partial charge in [-0.25, -0.2) is 9.97 Å². The van der Waals surface area contributed by atoms with Gasteiger partial charge in [0, 0.05) is 23.7 Å². The molecule has 0 fully saturated rings. The van der Waals surface area contributed by atoms with Gasteiger partial charge in [0.2, 0.25) is 0 Å². The lowest BCUT2D eigenvalue weighted by Gasteiger charge is -2.09. The highest BCUT2D eigenvalue weighted by atomic mass is 32.1. The molecule has 76 valence electrons. The van der Waals surface area contributed by atoms with Crippen molar-refractivity contribution in [2.75, 3.05) is 11.9 Å². The molecule has 14 heavy (non-hydrogen) atoms. The van der Waals surface area contributed by atoms with Crippen LogP contribution < -0.4 is 5.32 Å². The number of aryl methyl sites for hydroxylation is 1. The molecule has 2 N–H and O–H groups in total. The Morgan fingerprint density at radius 1 is 1.71 bits per heavy atom. The van der Waals surface area contributed by atoms with Crippen LogP contribution in [-0.4, -0.2) is 33.1 Å². The maximum Gasteiger partial charge on any atom is 0.137 e. The maximum atomic E-state index is 9.10. The number of anilines is 1. The van der Waals surface area contributed by atoms with Crippen molar-refractivity contribution >= 4 is 23.4 Å². The van der Waals surface area contributed by atoms with Crippen molar-refractivity contribution in [1.82, 2.24) is 9.97 Å². The van der Waals surface area contributed by atoms with Crippen molar-refractivity contribution in [3.05, 3.63) is 17.6 Å². The van der Waals surface area contributed by atoms with Crippen molar-refractivity contribution < 1.29 is 5.11 Å². The Morgan fingerprint density at radius 3 is 3.00 bits per heavy atom. The highest BCUT2D eigenvalue weighted by Gasteiger charge is 2.03. The van der Waals surface area contributed by atoms with Crippen LogP contribution >= 0.6 is 12.2 Å². The first kappa shape index (κ1) is 11.0. The SMILES string of the molecule is Cc1ncc(C=S)c(NC[C@H](C)O)n1. The number of thiocarbonyl (C=S) groups is 1. The van der Waals surface area contributed by atoms with E-state index in [0.717, 1.165) is 5.56 Å². The van der Waals surface area contributed by atoms with Gasteiger partial charge in [0.15, 0.2) is 0 Å². The van der Waals surface area contributed by atoms with E-state index >= 15 is 0 Å². The van der Waals surface area contributed by atoms with Crippen LogP contribution in [0, 0.1) is 6.92 Å². The van der Waals surface area contributed by atoms with E-state index in [1.807, 2.05) is 0 Å². The molecule has 5 heteroatoms. The molecule has 0 aliphatic carbocycles. The van der Waals surface area contributed by atoms with E-state index in [1.165, 1.54) is 5.37 Å². The molecular formula is C9H13N3OS. The molecule has 0 bridgehead atoms. The molecule has 0 saturated carbocycles. The monoisotopic (exact) mass is 211 g/mol. The molecule has 0 aliphatic rings. The van der Waals surface area contributed by atoms with Crippen LogP contribution in [0.5, 0.6) is 0 Å². The summed E-state index contributed by atoms with van der Waals surface area (Å²) in [5, 5.41) is 13.6. The van der Waals surface area contributed by atoms with Gasteiger partial charge in [-0.3, -0.25) is 0 Å². The number of aromatic nitrogens is 2. The molecule has 0 unspecified atom stereocenters. The molecule has 1 rings (SSSR count). The van der Waals surface area contributed by atoms with Gasteiger partial charge >= 0.3 is 0 Å². The number of hydrogen-bond acceptors (Lipinski definition) is 5. The zero-order valence-corrected chi connectivity index (χ0v) is 9.01. The lowest BCUT2D eigenvalue weighted by Crippen LogP contribution is -2.17. The fraction of sp³-hybridized carbons (Fsp3) is 0.444. The van der Waals surface area contributed by atoms with E-state index in [2.05, 4.69) is 15.3 Å². The summed E-state index contributed by atoms with van der Waals surface area (Å²) in [5.41, 5.74) is 0.770. The summed E-state index contributed by atoms with van der Waals surface area (Å²) in [4.78, 5) is 8.21. The molecule has 1 aromatic heterocycles. The maximum absolute atomic E-state index is 9.10. The molecule has 4 nitrogen and oxygen atoms in total. The van der Waals surface area contributed by atoms with E-state index in [0.29, 0.717) is 18.2 Å². The first-order chi connectivity index (χ1) is 6.63. The highest BCUT2D eigenvalue weighted by Crippen LogP contribution is 2.09. The predicted molar refractivity (Wildman–Crippen MR) is 59.7 cm³/mol. The summed E-state index contributed by atoms with van der Waals surface area (Å²) < 4.78 is 0. The molecule has 1 heterocycles. The standard InChI is InChI=1S/C9H13N3OS/c1-6(13)3-11-9-8(5-14)4-10-7(2)12-9/h4-6,13H,3H2,1-2H3,(H,10,11,12)/t6-/m0/s1. The quantitative estimate of drug-likeness (QED) is 0.725. The summed E-state index contributed by atoms with van der Waals surface area (Å²) in [6, 6.07) is 0. The van der Waals surface area contributed by atoms with Crippen molar-refractivity contribution in [1.29, 1.82) is 0 Å². The third-order valence-corrected chi connectivity index (χ3v) is 1.88. The van der Waals surface area contributed by atoms with Gasteiger partial charge in [-0.15, -0.1) is 0 Å². The third-order valence-electron chi connectivity index (χ3n) is 1.63. The summed E-state index contributed by atoms with van der Waals surface area (Å²) in [7, 11) is 0. The number of rotatable bonds is 4. The van der Waals surface area contributed by atoms with Gasteiger partial charge in [0.25, 0.3) is 0 Å². The average molecular weight is 211 g/mol. The predicted octanol–water partition coefficient (Wildman–Crippen LogP) is 0.926. The molecule has 0 radical (unpaired) electrons. The van der Waals surface area contributed by atoms with Gasteiger partial charge in [0.05, 0.1) is 6.10 Å². The Kier molecular flexibility index (Phi) is 3.91. The van der Waals surface area contributed by atoms with E-state index in [9.17, 15) is 0 Å². The largest absolute Gasteiger partial charge is 0.392 e. The van der Waals surface area contributed by atoms with Gasteiger partial charge in [-0.2, -0.15) is 0 Å². The Hall–Kier alpha value is -1.07. The molecule has 0 aliphatic heterocycles. The van der Waals surface area contributed by atoms with Crippen LogP contribution in [0.25, 0.3) is 0 Å². The van der Waals surface area contributed by atoms with E-state index in [1.54, 1.807) is 20.0 Å². The first-order valence-electron chi connectivity index (χ1n) is 4.34. The third kappa shape index (κ3) is 3.01. The van der Waals surface area contributed by atoms with Crippen molar-refractivity contribution in [2.24, 2.45) is 0 Å². The molecule has 0 saturated heterocycles. The van der Waals surface area contributed by atoms with Crippen LogP contribution in [0.2, 0.25) is 0 Å². The summed E-state index contributed by atoms with van der Waals surface area (Å²) >= 11 is 4.82. The number of aliphatic hydroxyl groups is 1. The molecule has 1 aromatic rings. The zero-order chi connectivity index (χ0) is 10.6. The summed E-state index contributed by atoms with van der Waals surface area (Å²) in [6.45, 7) is 3.96. The Balaban J connectivity index is 2.82. The van der Waals surface area contributed by atoms with Crippen molar-refractivity contribution in [2.45, 2.75) is 20.0 Å². The minimum atomic E-state index is -0.414. The average Bonchev–Trinajstić information content (AvgIpc) is 2.15. The van der Waals surface area contributed by atoms with Gasteiger partial charge in [0.1, 0.15) is 11.6 Å². The summed E-state index contributed by atoms with van der Waals surface area (Å²) in [6.07, 6.45) is 1.25. The second-order valence-corrected chi connectivity index (χ2v) is 3.30.